The van der Waals surface area contributed by atoms with Crippen LogP contribution in [0.4, 0.5) is 17.3 Å². The third-order valence-corrected chi connectivity index (χ3v) is 3.09. The van der Waals surface area contributed by atoms with E-state index in [0.717, 1.165) is 6.54 Å². The quantitative estimate of drug-likeness (QED) is 0.617. The van der Waals surface area contributed by atoms with Gasteiger partial charge in [-0.05, 0) is 18.8 Å². The molecule has 1 heterocycles. The molecule has 17 heavy (non-hydrogen) atoms. The molecule has 0 bridgehead atoms. The number of rotatable bonds is 4. The van der Waals surface area contributed by atoms with Gasteiger partial charge < -0.3 is 11.1 Å². The van der Waals surface area contributed by atoms with Crippen molar-refractivity contribution in [3.8, 4) is 0 Å². The Labute approximate surface area is 99.4 Å². The highest BCUT2D eigenvalue weighted by molar-refractivity contribution is 5.52. The third kappa shape index (κ3) is 3.05. The molecule has 0 aliphatic heterocycles. The molecule has 3 N–H and O–H groups in total. The minimum absolute atomic E-state index is 0.0218. The molecule has 6 nitrogen and oxygen atoms in total. The van der Waals surface area contributed by atoms with Gasteiger partial charge in [0, 0.05) is 6.54 Å². The zero-order chi connectivity index (χ0) is 12.3. The minimum atomic E-state index is -0.460. The maximum atomic E-state index is 10.7. The number of aromatic nitrogens is 1. The van der Waals surface area contributed by atoms with Crippen LogP contribution in [0.15, 0.2) is 12.1 Å². The highest BCUT2D eigenvalue weighted by atomic mass is 16.6. The van der Waals surface area contributed by atoms with Crippen LogP contribution in [0.1, 0.15) is 25.7 Å². The second kappa shape index (κ2) is 4.99. The first-order chi connectivity index (χ1) is 8.15. The lowest BCUT2D eigenvalue weighted by molar-refractivity contribution is -0.384. The predicted molar refractivity (Wildman–Crippen MR) is 65.8 cm³/mol. The zero-order valence-corrected chi connectivity index (χ0v) is 9.56. The van der Waals surface area contributed by atoms with Gasteiger partial charge in [0.1, 0.15) is 11.6 Å². The molecule has 92 valence electrons. The van der Waals surface area contributed by atoms with Crippen molar-refractivity contribution in [3.63, 3.8) is 0 Å². The van der Waals surface area contributed by atoms with Gasteiger partial charge in [0.25, 0.3) is 5.69 Å². The van der Waals surface area contributed by atoms with Crippen LogP contribution in [0, 0.1) is 16.0 Å². The van der Waals surface area contributed by atoms with Crippen molar-refractivity contribution in [2.45, 2.75) is 25.7 Å². The summed E-state index contributed by atoms with van der Waals surface area (Å²) in [5.41, 5.74) is 5.50. The van der Waals surface area contributed by atoms with E-state index in [0.29, 0.717) is 11.7 Å². The van der Waals surface area contributed by atoms with Crippen LogP contribution in [0.3, 0.4) is 0 Å². The van der Waals surface area contributed by atoms with Crippen molar-refractivity contribution >= 4 is 17.3 Å². The zero-order valence-electron chi connectivity index (χ0n) is 9.56. The van der Waals surface area contributed by atoms with E-state index >= 15 is 0 Å². The molecule has 0 atom stereocenters. The Kier molecular flexibility index (Phi) is 3.41. The lowest BCUT2D eigenvalue weighted by atomic mass is 10.1. The number of nitro groups is 1. The van der Waals surface area contributed by atoms with Crippen LogP contribution in [0.5, 0.6) is 0 Å². The highest BCUT2D eigenvalue weighted by Gasteiger charge is 2.15. The largest absolute Gasteiger partial charge is 0.383 e. The Morgan fingerprint density at radius 1 is 1.47 bits per heavy atom. The number of pyridine rings is 1. The summed E-state index contributed by atoms with van der Waals surface area (Å²) in [5.74, 6) is 1.31. The second-order valence-electron chi connectivity index (χ2n) is 4.42. The van der Waals surface area contributed by atoms with Gasteiger partial charge in [0.05, 0.1) is 17.1 Å². The lowest BCUT2D eigenvalue weighted by Gasteiger charge is -2.11. The van der Waals surface area contributed by atoms with E-state index in [4.69, 9.17) is 5.73 Å². The van der Waals surface area contributed by atoms with Crippen LogP contribution in [0.25, 0.3) is 0 Å². The van der Waals surface area contributed by atoms with Crippen LogP contribution in [0.2, 0.25) is 0 Å². The van der Waals surface area contributed by atoms with Gasteiger partial charge in [-0.3, -0.25) is 10.1 Å². The molecular formula is C11H16N4O2. The van der Waals surface area contributed by atoms with Crippen molar-refractivity contribution in [1.82, 2.24) is 4.98 Å². The number of nitrogens with two attached hydrogens (primary N) is 1. The first-order valence-electron chi connectivity index (χ1n) is 5.81. The Bertz CT molecular complexity index is 416. The van der Waals surface area contributed by atoms with Crippen LogP contribution in [-0.4, -0.2) is 16.5 Å². The normalized spacial score (nSPS) is 16.0. The molecule has 0 saturated heterocycles. The van der Waals surface area contributed by atoms with E-state index in [1.165, 1.54) is 37.8 Å². The molecule has 1 aromatic heterocycles. The van der Waals surface area contributed by atoms with Crippen molar-refractivity contribution in [2.24, 2.45) is 5.92 Å². The van der Waals surface area contributed by atoms with Crippen molar-refractivity contribution in [3.05, 3.63) is 22.2 Å². The van der Waals surface area contributed by atoms with Gasteiger partial charge in [-0.1, -0.05) is 12.8 Å². The summed E-state index contributed by atoms with van der Waals surface area (Å²) in [6.45, 7) is 0.813. The van der Waals surface area contributed by atoms with Crippen molar-refractivity contribution in [1.29, 1.82) is 0 Å². The summed E-state index contributed by atoms with van der Waals surface area (Å²) in [5, 5.41) is 13.8. The smallest absolute Gasteiger partial charge is 0.276 e. The average Bonchev–Trinajstić information content (AvgIpc) is 2.78. The van der Waals surface area contributed by atoms with Crippen molar-refractivity contribution in [2.75, 3.05) is 17.6 Å². The number of hydrogen-bond acceptors (Lipinski definition) is 5. The highest BCUT2D eigenvalue weighted by Crippen LogP contribution is 2.25. The van der Waals surface area contributed by atoms with E-state index in [1.54, 1.807) is 0 Å². The molecule has 1 saturated carbocycles. The van der Waals surface area contributed by atoms with Crippen LogP contribution in [-0.2, 0) is 0 Å². The summed E-state index contributed by atoms with van der Waals surface area (Å²) in [7, 11) is 0. The topological polar surface area (TPSA) is 94.1 Å². The molecule has 0 aromatic carbocycles. The average molecular weight is 236 g/mol. The van der Waals surface area contributed by atoms with Gasteiger partial charge in [-0.2, -0.15) is 0 Å². The molecule has 0 amide bonds. The van der Waals surface area contributed by atoms with Gasteiger partial charge in [0.15, 0.2) is 0 Å². The Hall–Kier alpha value is -1.85. The SMILES string of the molecule is Nc1cc([N+](=O)[O-])cc(NCC2CCCC2)n1. The summed E-state index contributed by atoms with van der Waals surface area (Å²) in [6, 6.07) is 2.69. The maximum absolute atomic E-state index is 10.7. The van der Waals surface area contributed by atoms with Crippen molar-refractivity contribution < 1.29 is 4.92 Å². The van der Waals surface area contributed by atoms with Gasteiger partial charge in [-0.25, -0.2) is 4.98 Å². The van der Waals surface area contributed by atoms with E-state index in [9.17, 15) is 10.1 Å². The fourth-order valence-corrected chi connectivity index (χ4v) is 2.20. The molecule has 1 aliphatic carbocycles. The summed E-state index contributed by atoms with van der Waals surface area (Å²) >= 11 is 0. The number of hydrogen-bond donors (Lipinski definition) is 2. The number of anilines is 2. The number of nitrogens with one attached hydrogen (secondary N) is 1. The predicted octanol–water partition coefficient (Wildman–Crippen LogP) is 2.17. The van der Waals surface area contributed by atoms with Gasteiger partial charge in [0.2, 0.25) is 0 Å². The summed E-state index contributed by atoms with van der Waals surface area (Å²) < 4.78 is 0. The monoisotopic (exact) mass is 236 g/mol. The van der Waals surface area contributed by atoms with E-state index in [2.05, 4.69) is 10.3 Å². The number of nitrogen functional groups attached to an aromatic ring is 1. The van der Waals surface area contributed by atoms with E-state index in [-0.39, 0.29) is 11.5 Å². The van der Waals surface area contributed by atoms with Gasteiger partial charge in [-0.15, -0.1) is 0 Å². The molecule has 0 spiro atoms. The summed E-state index contributed by atoms with van der Waals surface area (Å²) in [6.07, 6.45) is 4.99. The first kappa shape index (κ1) is 11.6. The molecule has 2 rings (SSSR count). The van der Waals surface area contributed by atoms with Gasteiger partial charge >= 0.3 is 0 Å². The molecule has 1 aromatic rings. The lowest BCUT2D eigenvalue weighted by Crippen LogP contribution is -2.12. The fourth-order valence-electron chi connectivity index (χ4n) is 2.20. The van der Waals surface area contributed by atoms with Crippen LogP contribution >= 0.6 is 0 Å². The molecule has 0 unspecified atom stereocenters. The third-order valence-electron chi connectivity index (χ3n) is 3.09. The molecule has 1 aliphatic rings. The molecule has 6 heteroatoms. The first-order valence-corrected chi connectivity index (χ1v) is 5.81. The number of nitrogens with zero attached hydrogens (tertiary/aromatic N) is 2. The Morgan fingerprint density at radius 2 is 2.18 bits per heavy atom. The maximum Gasteiger partial charge on any atom is 0.276 e. The standard InChI is InChI=1S/C11H16N4O2/c12-10-5-9(15(16)17)6-11(14-10)13-7-8-3-1-2-4-8/h5-6,8H,1-4,7H2,(H3,12,13,14). The molecule has 0 radical (unpaired) electrons. The summed E-state index contributed by atoms with van der Waals surface area (Å²) in [4.78, 5) is 14.2. The Morgan fingerprint density at radius 3 is 2.82 bits per heavy atom. The minimum Gasteiger partial charge on any atom is -0.383 e. The second-order valence-corrected chi connectivity index (χ2v) is 4.42. The van der Waals surface area contributed by atoms with E-state index in [1.807, 2.05) is 0 Å². The van der Waals surface area contributed by atoms with Crippen LogP contribution < -0.4 is 11.1 Å². The molecular weight excluding hydrogens is 220 g/mol. The van der Waals surface area contributed by atoms with E-state index < -0.39 is 4.92 Å². The fraction of sp³-hybridized carbons (Fsp3) is 0.545. The Balaban J connectivity index is 2.01. The molecule has 1 fully saturated rings.